The van der Waals surface area contributed by atoms with E-state index in [2.05, 4.69) is 10.1 Å². The first kappa shape index (κ1) is 11.7. The van der Waals surface area contributed by atoms with Gasteiger partial charge < -0.3 is 21.7 Å². The number of pyridine rings is 1. The average Bonchev–Trinajstić information content (AvgIpc) is 2.41. The van der Waals surface area contributed by atoms with E-state index in [-0.39, 0.29) is 11.6 Å². The molecule has 0 aliphatic rings. The van der Waals surface area contributed by atoms with E-state index in [4.69, 9.17) is 11.6 Å². The van der Waals surface area contributed by atoms with Crippen molar-refractivity contribution in [3.63, 3.8) is 0 Å². The lowest BCUT2D eigenvalue weighted by Gasteiger charge is -2.05. The zero-order valence-electron chi connectivity index (χ0n) is 9.42. The standard InChI is InChI=1S/C12H12N4O2/c13-11(16-14)8-3-1-2-7(4-8)9-5-10(17)12(18)15-6-9/h1-6,17H,14H2,(H2,13,16)(H,15,18). The Morgan fingerprint density at radius 3 is 2.72 bits per heavy atom. The molecular weight excluding hydrogens is 232 g/mol. The summed E-state index contributed by atoms with van der Waals surface area (Å²) in [7, 11) is 0. The van der Waals surface area contributed by atoms with Crippen LogP contribution in [0.5, 0.6) is 5.75 Å². The van der Waals surface area contributed by atoms with Crippen LogP contribution in [0, 0.1) is 0 Å². The highest BCUT2D eigenvalue weighted by atomic mass is 16.3. The van der Waals surface area contributed by atoms with Crippen LogP contribution in [0.2, 0.25) is 0 Å². The summed E-state index contributed by atoms with van der Waals surface area (Å²) in [4.78, 5) is 13.5. The number of H-pyrrole nitrogens is 1. The van der Waals surface area contributed by atoms with E-state index >= 15 is 0 Å². The van der Waals surface area contributed by atoms with Crippen molar-refractivity contribution in [2.45, 2.75) is 0 Å². The van der Waals surface area contributed by atoms with Gasteiger partial charge in [0.2, 0.25) is 0 Å². The SMILES string of the molecule is N/N=C(\N)c1cccc(-c2c[nH]c(=O)c(O)c2)c1. The van der Waals surface area contributed by atoms with Crippen molar-refractivity contribution >= 4 is 5.84 Å². The summed E-state index contributed by atoms with van der Waals surface area (Å²) in [5.74, 6) is 4.99. The van der Waals surface area contributed by atoms with Crippen LogP contribution in [0.25, 0.3) is 11.1 Å². The fraction of sp³-hybridized carbons (Fsp3) is 0. The Morgan fingerprint density at radius 2 is 2.06 bits per heavy atom. The zero-order valence-corrected chi connectivity index (χ0v) is 9.42. The van der Waals surface area contributed by atoms with Gasteiger partial charge in [-0.25, -0.2) is 0 Å². The second-order valence-electron chi connectivity index (χ2n) is 3.70. The van der Waals surface area contributed by atoms with E-state index in [1.807, 2.05) is 6.07 Å². The summed E-state index contributed by atoms with van der Waals surface area (Å²) in [6, 6.07) is 8.51. The molecule has 0 spiro atoms. The molecule has 92 valence electrons. The first-order valence-electron chi connectivity index (χ1n) is 5.17. The molecule has 0 bridgehead atoms. The summed E-state index contributed by atoms with van der Waals surface area (Å²) in [5, 5.41) is 12.8. The maximum absolute atomic E-state index is 11.1. The molecule has 18 heavy (non-hydrogen) atoms. The fourth-order valence-corrected chi connectivity index (χ4v) is 1.57. The molecular formula is C12H12N4O2. The van der Waals surface area contributed by atoms with Crippen LogP contribution in [0.1, 0.15) is 5.56 Å². The van der Waals surface area contributed by atoms with Gasteiger partial charge >= 0.3 is 0 Å². The molecule has 0 saturated heterocycles. The number of benzene rings is 1. The molecule has 6 heteroatoms. The topological polar surface area (TPSA) is 117 Å². The number of hydrazone groups is 1. The van der Waals surface area contributed by atoms with E-state index in [9.17, 15) is 9.90 Å². The summed E-state index contributed by atoms with van der Waals surface area (Å²) in [6.07, 6.45) is 1.51. The molecule has 0 saturated carbocycles. The molecule has 0 atom stereocenters. The van der Waals surface area contributed by atoms with Gasteiger partial charge in [-0.3, -0.25) is 4.79 Å². The predicted molar refractivity (Wildman–Crippen MR) is 69.1 cm³/mol. The summed E-state index contributed by atoms with van der Waals surface area (Å²) in [6.45, 7) is 0. The van der Waals surface area contributed by atoms with Gasteiger partial charge in [0.25, 0.3) is 5.56 Å². The predicted octanol–water partition coefficient (Wildman–Crippen LogP) is 0.326. The van der Waals surface area contributed by atoms with Gasteiger partial charge in [0.15, 0.2) is 5.75 Å². The van der Waals surface area contributed by atoms with Crippen LogP contribution in [0.15, 0.2) is 46.4 Å². The van der Waals surface area contributed by atoms with Crippen LogP contribution in [0.4, 0.5) is 0 Å². The van der Waals surface area contributed by atoms with E-state index in [1.165, 1.54) is 12.3 Å². The van der Waals surface area contributed by atoms with E-state index < -0.39 is 5.56 Å². The normalized spacial score (nSPS) is 11.4. The Morgan fingerprint density at radius 1 is 1.28 bits per heavy atom. The molecule has 0 aliphatic heterocycles. The largest absolute Gasteiger partial charge is 0.503 e. The minimum Gasteiger partial charge on any atom is -0.503 e. The number of hydrogen-bond donors (Lipinski definition) is 4. The zero-order chi connectivity index (χ0) is 13.1. The van der Waals surface area contributed by atoms with Gasteiger partial charge in [0.1, 0.15) is 5.84 Å². The summed E-state index contributed by atoms with van der Waals surface area (Å²) in [5.41, 5.74) is 7.20. The molecule has 0 radical (unpaired) electrons. The van der Waals surface area contributed by atoms with Crippen LogP contribution in [0.3, 0.4) is 0 Å². The van der Waals surface area contributed by atoms with Gasteiger partial charge in [0, 0.05) is 17.3 Å². The van der Waals surface area contributed by atoms with Crippen molar-refractivity contribution in [3.05, 3.63) is 52.4 Å². The van der Waals surface area contributed by atoms with Crippen molar-refractivity contribution in [1.82, 2.24) is 4.98 Å². The van der Waals surface area contributed by atoms with Crippen LogP contribution in [-0.4, -0.2) is 15.9 Å². The quantitative estimate of drug-likeness (QED) is 0.263. The molecule has 6 nitrogen and oxygen atoms in total. The van der Waals surface area contributed by atoms with Crippen LogP contribution < -0.4 is 17.1 Å². The molecule has 6 N–H and O–H groups in total. The van der Waals surface area contributed by atoms with Gasteiger partial charge in [-0.1, -0.05) is 18.2 Å². The fourth-order valence-electron chi connectivity index (χ4n) is 1.57. The third-order valence-electron chi connectivity index (χ3n) is 2.51. The van der Waals surface area contributed by atoms with E-state index in [1.54, 1.807) is 18.2 Å². The number of nitrogens with zero attached hydrogens (tertiary/aromatic N) is 1. The molecule has 2 rings (SSSR count). The summed E-state index contributed by atoms with van der Waals surface area (Å²) < 4.78 is 0. The van der Waals surface area contributed by atoms with E-state index in [0.29, 0.717) is 11.1 Å². The van der Waals surface area contributed by atoms with Crippen LogP contribution >= 0.6 is 0 Å². The number of amidine groups is 1. The Labute approximate surface area is 103 Å². The lowest BCUT2D eigenvalue weighted by atomic mass is 10.0. The van der Waals surface area contributed by atoms with E-state index in [0.717, 1.165) is 5.56 Å². The molecule has 1 aromatic heterocycles. The van der Waals surface area contributed by atoms with Gasteiger partial charge in [-0.15, -0.1) is 0 Å². The average molecular weight is 244 g/mol. The number of aromatic amines is 1. The lowest BCUT2D eigenvalue weighted by Crippen LogP contribution is -2.15. The molecule has 0 amide bonds. The number of nitrogens with two attached hydrogens (primary N) is 2. The number of aromatic hydroxyl groups is 1. The van der Waals surface area contributed by atoms with Gasteiger partial charge in [-0.05, 0) is 17.7 Å². The monoisotopic (exact) mass is 244 g/mol. The third-order valence-corrected chi connectivity index (χ3v) is 2.51. The van der Waals surface area contributed by atoms with Crippen molar-refractivity contribution in [2.75, 3.05) is 0 Å². The molecule has 1 heterocycles. The highest BCUT2D eigenvalue weighted by molar-refractivity contribution is 5.98. The summed E-state index contributed by atoms with van der Waals surface area (Å²) >= 11 is 0. The van der Waals surface area contributed by atoms with Crippen molar-refractivity contribution < 1.29 is 5.11 Å². The molecule has 0 fully saturated rings. The maximum atomic E-state index is 11.1. The number of hydrogen-bond acceptors (Lipinski definition) is 4. The minimum absolute atomic E-state index is 0.213. The Balaban J connectivity index is 2.51. The second kappa shape index (κ2) is 4.62. The molecule has 2 aromatic rings. The smallest absolute Gasteiger partial charge is 0.290 e. The highest BCUT2D eigenvalue weighted by Gasteiger charge is 2.04. The van der Waals surface area contributed by atoms with Crippen molar-refractivity contribution in [3.8, 4) is 16.9 Å². The Hall–Kier alpha value is -2.76. The van der Waals surface area contributed by atoms with Crippen molar-refractivity contribution in [2.24, 2.45) is 16.7 Å². The number of rotatable bonds is 2. The Bertz CT molecular complexity index is 661. The van der Waals surface area contributed by atoms with Crippen LogP contribution in [-0.2, 0) is 0 Å². The van der Waals surface area contributed by atoms with Gasteiger partial charge in [0.05, 0.1) is 0 Å². The first-order chi connectivity index (χ1) is 8.61. The first-order valence-corrected chi connectivity index (χ1v) is 5.17. The molecule has 0 unspecified atom stereocenters. The lowest BCUT2D eigenvalue weighted by molar-refractivity contribution is 0.467. The minimum atomic E-state index is -0.530. The third kappa shape index (κ3) is 2.17. The van der Waals surface area contributed by atoms with Gasteiger partial charge in [-0.2, -0.15) is 5.10 Å². The molecule has 0 aliphatic carbocycles. The maximum Gasteiger partial charge on any atom is 0.290 e. The molecule has 1 aromatic carbocycles. The number of nitrogens with one attached hydrogen (secondary N) is 1. The highest BCUT2D eigenvalue weighted by Crippen LogP contribution is 2.21. The second-order valence-corrected chi connectivity index (χ2v) is 3.70. The number of aromatic nitrogens is 1. The van der Waals surface area contributed by atoms with Crippen molar-refractivity contribution in [1.29, 1.82) is 0 Å². The Kier molecular flexibility index (Phi) is 3.01.